The molecule has 0 bridgehead atoms. The first kappa shape index (κ1) is 15.3. The summed E-state index contributed by atoms with van der Waals surface area (Å²) in [6.45, 7) is 2.19. The van der Waals surface area contributed by atoms with Gasteiger partial charge >= 0.3 is 0 Å². The summed E-state index contributed by atoms with van der Waals surface area (Å²) in [6, 6.07) is 8.27. The van der Waals surface area contributed by atoms with Crippen molar-refractivity contribution < 1.29 is 23.4 Å². The van der Waals surface area contributed by atoms with Crippen molar-refractivity contribution in [2.24, 2.45) is 0 Å². The third-order valence-electron chi connectivity index (χ3n) is 2.81. The van der Waals surface area contributed by atoms with Crippen LogP contribution in [-0.2, 0) is 13.2 Å². The van der Waals surface area contributed by atoms with Crippen LogP contribution in [0.2, 0.25) is 0 Å². The second-order valence-electron chi connectivity index (χ2n) is 4.44. The monoisotopic (exact) mass is 294 g/mol. The maximum absolute atomic E-state index is 13.1. The van der Waals surface area contributed by atoms with E-state index in [1.54, 1.807) is 18.2 Å². The minimum Gasteiger partial charge on any atom is -0.490 e. The van der Waals surface area contributed by atoms with Gasteiger partial charge in [-0.3, -0.25) is 0 Å². The maximum atomic E-state index is 13.1. The van der Waals surface area contributed by atoms with Crippen molar-refractivity contribution in [3.63, 3.8) is 0 Å². The minimum absolute atomic E-state index is 0.0211. The molecule has 3 nitrogen and oxygen atoms in total. The maximum Gasteiger partial charge on any atom is 0.161 e. The molecule has 5 heteroatoms. The van der Waals surface area contributed by atoms with E-state index < -0.39 is 11.6 Å². The second-order valence-corrected chi connectivity index (χ2v) is 4.44. The molecule has 0 aliphatic heterocycles. The third kappa shape index (κ3) is 4.16. The van der Waals surface area contributed by atoms with Crippen LogP contribution in [0, 0.1) is 11.6 Å². The van der Waals surface area contributed by atoms with E-state index in [0.717, 1.165) is 6.07 Å². The molecule has 2 aromatic carbocycles. The Kier molecular flexibility index (Phi) is 5.11. The molecule has 0 amide bonds. The van der Waals surface area contributed by atoms with E-state index in [0.29, 0.717) is 29.2 Å². The fraction of sp³-hybridized carbons (Fsp3) is 0.250. The van der Waals surface area contributed by atoms with Crippen LogP contribution in [0.5, 0.6) is 11.5 Å². The topological polar surface area (TPSA) is 38.7 Å². The molecule has 0 aliphatic carbocycles. The number of halogens is 2. The molecule has 112 valence electrons. The average Bonchev–Trinajstić information content (AvgIpc) is 2.45. The van der Waals surface area contributed by atoms with Gasteiger partial charge in [0.1, 0.15) is 18.2 Å². The van der Waals surface area contributed by atoms with E-state index in [9.17, 15) is 8.78 Å². The van der Waals surface area contributed by atoms with Gasteiger partial charge in [-0.1, -0.05) is 6.07 Å². The zero-order valence-electron chi connectivity index (χ0n) is 11.6. The molecule has 21 heavy (non-hydrogen) atoms. The van der Waals surface area contributed by atoms with Gasteiger partial charge in [0.25, 0.3) is 0 Å². The zero-order chi connectivity index (χ0) is 15.2. The molecule has 2 rings (SSSR count). The van der Waals surface area contributed by atoms with Crippen molar-refractivity contribution in [1.29, 1.82) is 0 Å². The summed E-state index contributed by atoms with van der Waals surface area (Å²) < 4.78 is 37.2. The standard InChI is InChI=1S/C16H16F2O3/c1-2-20-16-7-11(9-19)3-4-15(16)21-10-12-5-13(17)8-14(18)6-12/h3-8,19H,2,9-10H2,1H3. The Bertz CT molecular complexity index is 594. The van der Waals surface area contributed by atoms with Gasteiger partial charge in [-0.15, -0.1) is 0 Å². The zero-order valence-corrected chi connectivity index (χ0v) is 11.6. The SMILES string of the molecule is CCOc1cc(CO)ccc1OCc1cc(F)cc(F)c1. The van der Waals surface area contributed by atoms with Crippen LogP contribution in [0.4, 0.5) is 8.78 Å². The number of aliphatic hydroxyl groups is 1. The molecule has 0 saturated heterocycles. The largest absolute Gasteiger partial charge is 0.490 e. The van der Waals surface area contributed by atoms with Crippen LogP contribution in [0.3, 0.4) is 0 Å². The third-order valence-corrected chi connectivity index (χ3v) is 2.81. The van der Waals surface area contributed by atoms with Crippen LogP contribution < -0.4 is 9.47 Å². The molecule has 0 atom stereocenters. The number of benzene rings is 2. The fourth-order valence-electron chi connectivity index (χ4n) is 1.89. The smallest absolute Gasteiger partial charge is 0.161 e. The Balaban J connectivity index is 2.15. The molecular formula is C16H16F2O3. The van der Waals surface area contributed by atoms with E-state index in [1.807, 2.05) is 6.92 Å². The van der Waals surface area contributed by atoms with Gasteiger partial charge in [-0.25, -0.2) is 8.78 Å². The normalized spacial score (nSPS) is 10.5. The molecular weight excluding hydrogens is 278 g/mol. The Morgan fingerprint density at radius 2 is 1.62 bits per heavy atom. The first-order valence-corrected chi connectivity index (χ1v) is 6.56. The Morgan fingerprint density at radius 3 is 2.24 bits per heavy atom. The lowest BCUT2D eigenvalue weighted by Gasteiger charge is -2.13. The van der Waals surface area contributed by atoms with Crippen molar-refractivity contribution >= 4 is 0 Å². The predicted octanol–water partition coefficient (Wildman–Crippen LogP) is 3.43. The van der Waals surface area contributed by atoms with E-state index in [2.05, 4.69) is 0 Å². The number of hydrogen-bond acceptors (Lipinski definition) is 3. The van der Waals surface area contributed by atoms with Crippen molar-refractivity contribution in [2.45, 2.75) is 20.1 Å². The average molecular weight is 294 g/mol. The van der Waals surface area contributed by atoms with Crippen LogP contribution >= 0.6 is 0 Å². The molecule has 0 fully saturated rings. The molecule has 1 N–H and O–H groups in total. The quantitative estimate of drug-likeness (QED) is 0.887. The number of hydrogen-bond donors (Lipinski definition) is 1. The van der Waals surface area contributed by atoms with Crippen molar-refractivity contribution in [3.8, 4) is 11.5 Å². The van der Waals surface area contributed by atoms with Crippen molar-refractivity contribution in [2.75, 3.05) is 6.61 Å². The fourth-order valence-corrected chi connectivity index (χ4v) is 1.89. The van der Waals surface area contributed by atoms with Gasteiger partial charge in [-0.2, -0.15) is 0 Å². The molecule has 0 aliphatic rings. The van der Waals surface area contributed by atoms with Gasteiger partial charge in [0, 0.05) is 6.07 Å². The van der Waals surface area contributed by atoms with E-state index in [4.69, 9.17) is 14.6 Å². The van der Waals surface area contributed by atoms with Gasteiger partial charge in [0.15, 0.2) is 11.5 Å². The van der Waals surface area contributed by atoms with Gasteiger partial charge in [0.05, 0.1) is 13.2 Å². The Hall–Kier alpha value is -2.14. The molecule has 0 heterocycles. The first-order chi connectivity index (χ1) is 10.1. The first-order valence-electron chi connectivity index (χ1n) is 6.56. The summed E-state index contributed by atoms with van der Waals surface area (Å²) in [5, 5.41) is 9.11. The highest BCUT2D eigenvalue weighted by molar-refractivity contribution is 5.43. The summed E-state index contributed by atoms with van der Waals surface area (Å²) in [6.07, 6.45) is 0. The van der Waals surface area contributed by atoms with Crippen molar-refractivity contribution in [1.82, 2.24) is 0 Å². The van der Waals surface area contributed by atoms with E-state index in [-0.39, 0.29) is 13.2 Å². The molecule has 0 radical (unpaired) electrons. The number of aliphatic hydroxyl groups excluding tert-OH is 1. The highest BCUT2D eigenvalue weighted by Crippen LogP contribution is 2.29. The van der Waals surface area contributed by atoms with Gasteiger partial charge < -0.3 is 14.6 Å². The number of ether oxygens (including phenoxy) is 2. The summed E-state index contributed by atoms with van der Waals surface area (Å²) in [5.74, 6) is -0.344. The van der Waals surface area contributed by atoms with E-state index in [1.165, 1.54) is 12.1 Å². The predicted molar refractivity (Wildman–Crippen MR) is 74.2 cm³/mol. The van der Waals surface area contributed by atoms with Crippen LogP contribution in [0.25, 0.3) is 0 Å². The second kappa shape index (κ2) is 7.04. The molecule has 0 unspecified atom stereocenters. The summed E-state index contributed by atoms with van der Waals surface area (Å²) >= 11 is 0. The molecule has 2 aromatic rings. The molecule has 0 saturated carbocycles. The molecule has 0 spiro atoms. The van der Waals surface area contributed by atoms with Gasteiger partial charge in [-0.05, 0) is 42.3 Å². The lowest BCUT2D eigenvalue weighted by atomic mass is 10.2. The van der Waals surface area contributed by atoms with Crippen LogP contribution in [0.1, 0.15) is 18.1 Å². The lowest BCUT2D eigenvalue weighted by molar-refractivity contribution is 0.263. The molecule has 0 aromatic heterocycles. The Morgan fingerprint density at radius 1 is 0.905 bits per heavy atom. The lowest BCUT2D eigenvalue weighted by Crippen LogP contribution is -2.01. The number of rotatable bonds is 6. The van der Waals surface area contributed by atoms with Crippen LogP contribution in [0.15, 0.2) is 36.4 Å². The highest BCUT2D eigenvalue weighted by Gasteiger charge is 2.08. The van der Waals surface area contributed by atoms with Crippen LogP contribution in [-0.4, -0.2) is 11.7 Å². The van der Waals surface area contributed by atoms with Crippen molar-refractivity contribution in [3.05, 3.63) is 59.2 Å². The van der Waals surface area contributed by atoms with E-state index >= 15 is 0 Å². The summed E-state index contributed by atoms with van der Waals surface area (Å²) in [7, 11) is 0. The summed E-state index contributed by atoms with van der Waals surface area (Å²) in [5.41, 5.74) is 1.09. The minimum atomic E-state index is -0.644. The highest BCUT2D eigenvalue weighted by atomic mass is 19.1. The summed E-state index contributed by atoms with van der Waals surface area (Å²) in [4.78, 5) is 0. The van der Waals surface area contributed by atoms with Gasteiger partial charge in [0.2, 0.25) is 0 Å². The Labute approximate surface area is 121 Å².